The highest BCUT2D eigenvalue weighted by atomic mass is 16.5. The smallest absolute Gasteiger partial charge is 0.0678 e. The fourth-order valence-electron chi connectivity index (χ4n) is 3.10. The van der Waals surface area contributed by atoms with Gasteiger partial charge >= 0.3 is 0 Å². The van der Waals surface area contributed by atoms with Gasteiger partial charge in [0.05, 0.1) is 25.4 Å². The first-order chi connectivity index (χ1) is 8.69. The summed E-state index contributed by atoms with van der Waals surface area (Å²) in [6.45, 7) is 12.7. The maximum Gasteiger partial charge on any atom is 0.0678 e. The third-order valence-electron chi connectivity index (χ3n) is 3.84. The van der Waals surface area contributed by atoms with Crippen molar-refractivity contribution in [3.05, 3.63) is 0 Å². The summed E-state index contributed by atoms with van der Waals surface area (Å²) in [5.41, 5.74) is 0. The molecule has 1 N–H and O–H groups in total. The molecule has 2 rings (SSSR count). The monoisotopic (exact) mass is 256 g/mol. The number of hydrogen-bond acceptors (Lipinski definition) is 4. The van der Waals surface area contributed by atoms with Gasteiger partial charge in [0.25, 0.3) is 0 Å². The lowest BCUT2D eigenvalue weighted by Gasteiger charge is -2.37. The van der Waals surface area contributed by atoms with Crippen molar-refractivity contribution in [2.24, 2.45) is 5.92 Å². The van der Waals surface area contributed by atoms with Crippen LogP contribution in [0.5, 0.6) is 0 Å². The van der Waals surface area contributed by atoms with Crippen LogP contribution < -0.4 is 5.32 Å². The summed E-state index contributed by atoms with van der Waals surface area (Å²) in [7, 11) is 0. The summed E-state index contributed by atoms with van der Waals surface area (Å²) in [6, 6.07) is 0.540. The van der Waals surface area contributed by atoms with E-state index in [-0.39, 0.29) is 0 Å². The molecule has 2 heterocycles. The van der Waals surface area contributed by atoms with Crippen molar-refractivity contribution in [2.75, 3.05) is 39.4 Å². The molecule has 0 aromatic rings. The molecule has 0 radical (unpaired) electrons. The molecule has 0 bridgehead atoms. The minimum absolute atomic E-state index is 0.359. The Morgan fingerprint density at radius 2 is 1.89 bits per heavy atom. The molecule has 106 valence electrons. The minimum Gasteiger partial charge on any atom is -0.379 e. The van der Waals surface area contributed by atoms with Gasteiger partial charge in [0.15, 0.2) is 0 Å². The number of hydrogen-bond donors (Lipinski definition) is 1. The van der Waals surface area contributed by atoms with Crippen LogP contribution in [0, 0.1) is 5.92 Å². The molecule has 18 heavy (non-hydrogen) atoms. The van der Waals surface area contributed by atoms with Gasteiger partial charge in [0.1, 0.15) is 0 Å². The van der Waals surface area contributed by atoms with Crippen molar-refractivity contribution < 1.29 is 9.47 Å². The van der Waals surface area contributed by atoms with E-state index in [1.165, 1.54) is 6.42 Å². The first kappa shape index (κ1) is 14.3. The minimum atomic E-state index is 0.359. The zero-order valence-electron chi connectivity index (χ0n) is 12.0. The second kappa shape index (κ2) is 6.85. The highest BCUT2D eigenvalue weighted by Gasteiger charge is 2.31. The molecule has 0 spiro atoms. The Balaban J connectivity index is 1.80. The van der Waals surface area contributed by atoms with Gasteiger partial charge in [-0.3, -0.25) is 4.90 Å². The second-order valence-corrected chi connectivity index (χ2v) is 5.83. The lowest BCUT2D eigenvalue weighted by molar-refractivity contribution is -0.0720. The maximum absolute atomic E-state index is 5.78. The van der Waals surface area contributed by atoms with E-state index >= 15 is 0 Å². The Labute approximate surface area is 111 Å². The molecule has 0 aromatic heterocycles. The van der Waals surface area contributed by atoms with Crippen LogP contribution in [0.1, 0.15) is 27.2 Å². The molecule has 4 nitrogen and oxygen atoms in total. The van der Waals surface area contributed by atoms with Gasteiger partial charge in [-0.2, -0.15) is 0 Å². The Bertz CT molecular complexity index is 240. The van der Waals surface area contributed by atoms with Crippen LogP contribution in [0.3, 0.4) is 0 Å². The second-order valence-electron chi connectivity index (χ2n) is 5.83. The molecule has 2 aliphatic rings. The highest BCUT2D eigenvalue weighted by Crippen LogP contribution is 2.18. The van der Waals surface area contributed by atoms with E-state index in [9.17, 15) is 0 Å². The van der Waals surface area contributed by atoms with Crippen LogP contribution in [0.25, 0.3) is 0 Å². The van der Waals surface area contributed by atoms with Crippen molar-refractivity contribution in [1.29, 1.82) is 0 Å². The zero-order valence-corrected chi connectivity index (χ0v) is 12.0. The SMILES string of the molecule is CCCNC1COCC1CN1C[C@@H](C)O[C@@H](C)C1. The van der Waals surface area contributed by atoms with Gasteiger partial charge in [0, 0.05) is 31.6 Å². The third-order valence-corrected chi connectivity index (χ3v) is 3.84. The lowest BCUT2D eigenvalue weighted by atomic mass is 10.0. The van der Waals surface area contributed by atoms with Crippen LogP contribution in [0.2, 0.25) is 0 Å². The van der Waals surface area contributed by atoms with Crippen LogP contribution in [0.15, 0.2) is 0 Å². The van der Waals surface area contributed by atoms with E-state index in [1.807, 2.05) is 0 Å². The fourth-order valence-corrected chi connectivity index (χ4v) is 3.10. The van der Waals surface area contributed by atoms with Crippen LogP contribution in [-0.2, 0) is 9.47 Å². The van der Waals surface area contributed by atoms with Crippen LogP contribution in [-0.4, -0.2) is 62.5 Å². The topological polar surface area (TPSA) is 33.7 Å². The van der Waals surface area contributed by atoms with Crippen LogP contribution in [0.4, 0.5) is 0 Å². The molecular formula is C14H28N2O2. The predicted molar refractivity (Wildman–Crippen MR) is 72.8 cm³/mol. The Morgan fingerprint density at radius 3 is 2.56 bits per heavy atom. The molecule has 2 saturated heterocycles. The van der Waals surface area contributed by atoms with Gasteiger partial charge in [0.2, 0.25) is 0 Å². The van der Waals surface area contributed by atoms with Crippen molar-refractivity contribution in [1.82, 2.24) is 10.2 Å². The molecule has 0 amide bonds. The summed E-state index contributed by atoms with van der Waals surface area (Å²) in [5.74, 6) is 0.633. The molecule has 2 fully saturated rings. The predicted octanol–water partition coefficient (Wildman–Crippen LogP) is 1.11. The molecular weight excluding hydrogens is 228 g/mol. The molecule has 2 unspecified atom stereocenters. The summed E-state index contributed by atoms with van der Waals surface area (Å²) in [4.78, 5) is 2.54. The van der Waals surface area contributed by atoms with E-state index in [0.29, 0.717) is 24.2 Å². The summed E-state index contributed by atoms with van der Waals surface area (Å²) in [5, 5.41) is 3.61. The first-order valence-electron chi connectivity index (χ1n) is 7.38. The Hall–Kier alpha value is -0.160. The van der Waals surface area contributed by atoms with Gasteiger partial charge in [-0.15, -0.1) is 0 Å². The van der Waals surface area contributed by atoms with Gasteiger partial charge in [-0.25, -0.2) is 0 Å². The van der Waals surface area contributed by atoms with Crippen molar-refractivity contribution in [3.63, 3.8) is 0 Å². The Kier molecular flexibility index (Phi) is 5.42. The molecule has 4 heteroatoms. The van der Waals surface area contributed by atoms with E-state index in [4.69, 9.17) is 9.47 Å². The van der Waals surface area contributed by atoms with Gasteiger partial charge in [-0.1, -0.05) is 6.92 Å². The summed E-state index contributed by atoms with van der Waals surface area (Å²) < 4.78 is 11.4. The van der Waals surface area contributed by atoms with E-state index in [2.05, 4.69) is 31.0 Å². The highest BCUT2D eigenvalue weighted by molar-refractivity contribution is 4.85. The normalized spacial score (nSPS) is 38.2. The lowest BCUT2D eigenvalue weighted by Crippen LogP contribution is -2.49. The van der Waals surface area contributed by atoms with Gasteiger partial charge in [-0.05, 0) is 26.8 Å². The number of ether oxygens (including phenoxy) is 2. The molecule has 0 saturated carbocycles. The zero-order chi connectivity index (χ0) is 13.0. The maximum atomic E-state index is 5.78. The molecule has 4 atom stereocenters. The molecule has 0 aliphatic carbocycles. The van der Waals surface area contributed by atoms with Crippen molar-refractivity contribution in [2.45, 2.75) is 45.4 Å². The third kappa shape index (κ3) is 3.92. The molecule has 2 aliphatic heterocycles. The van der Waals surface area contributed by atoms with Crippen molar-refractivity contribution in [3.8, 4) is 0 Å². The fraction of sp³-hybridized carbons (Fsp3) is 1.00. The number of rotatable bonds is 5. The van der Waals surface area contributed by atoms with Gasteiger partial charge < -0.3 is 14.8 Å². The first-order valence-corrected chi connectivity index (χ1v) is 7.38. The van der Waals surface area contributed by atoms with E-state index < -0.39 is 0 Å². The van der Waals surface area contributed by atoms with Crippen LogP contribution >= 0.6 is 0 Å². The quantitative estimate of drug-likeness (QED) is 0.799. The van der Waals surface area contributed by atoms with E-state index in [1.54, 1.807) is 0 Å². The average molecular weight is 256 g/mol. The number of nitrogens with zero attached hydrogens (tertiary/aromatic N) is 1. The summed E-state index contributed by atoms with van der Waals surface area (Å²) >= 11 is 0. The summed E-state index contributed by atoms with van der Waals surface area (Å²) in [6.07, 6.45) is 1.91. The largest absolute Gasteiger partial charge is 0.379 e. The number of morpholine rings is 1. The van der Waals surface area contributed by atoms with Crippen molar-refractivity contribution >= 4 is 0 Å². The molecule has 0 aromatic carbocycles. The average Bonchev–Trinajstić information content (AvgIpc) is 2.72. The Morgan fingerprint density at radius 1 is 1.17 bits per heavy atom. The number of nitrogens with one attached hydrogen (secondary N) is 1. The van der Waals surface area contributed by atoms with E-state index in [0.717, 1.165) is 39.4 Å². The standard InChI is InChI=1S/C14H28N2O2/c1-4-5-15-14-10-17-9-13(14)8-16-6-11(2)18-12(3)7-16/h11-15H,4-10H2,1-3H3/t11-,12+,13?,14?.